The molecule has 1 fully saturated rings. The van der Waals surface area contributed by atoms with Crippen molar-refractivity contribution in [3.8, 4) is 5.75 Å². The Hall–Kier alpha value is -3.68. The smallest absolute Gasteiger partial charge is 0.311 e. The average molecular weight is 410 g/mol. The zero-order chi connectivity index (χ0) is 21.7. The van der Waals surface area contributed by atoms with Gasteiger partial charge in [-0.1, -0.05) is 12.1 Å². The standard InChI is InChI=1S/C22H22N2O6/c1-14(25)15-7-9-17(10-8-15)23-20(26)13-30-22(28)16-11-21(27)24(12-16)18-5-3-4-6-19(18)29-2/h3-10,16H,11-13H2,1-2H3,(H,23,26)/t16-/m1/s1. The highest BCUT2D eigenvalue weighted by molar-refractivity contribution is 6.01. The van der Waals surface area contributed by atoms with Gasteiger partial charge in [-0.05, 0) is 43.3 Å². The number of Topliss-reactive ketones (excluding diaryl/α,β-unsaturated/α-hetero) is 1. The minimum atomic E-state index is -0.662. The van der Waals surface area contributed by atoms with Crippen LogP contribution in [-0.2, 0) is 19.1 Å². The van der Waals surface area contributed by atoms with Crippen molar-refractivity contribution in [2.75, 3.05) is 30.5 Å². The van der Waals surface area contributed by atoms with Crippen LogP contribution < -0.4 is 15.0 Å². The summed E-state index contributed by atoms with van der Waals surface area (Å²) < 4.78 is 10.4. The Morgan fingerprint density at radius 3 is 2.47 bits per heavy atom. The molecule has 0 aliphatic carbocycles. The van der Waals surface area contributed by atoms with E-state index >= 15 is 0 Å². The number of hydrogen-bond acceptors (Lipinski definition) is 6. The van der Waals surface area contributed by atoms with Gasteiger partial charge in [0, 0.05) is 24.2 Å². The van der Waals surface area contributed by atoms with Crippen LogP contribution in [0.3, 0.4) is 0 Å². The lowest BCUT2D eigenvalue weighted by molar-refractivity contribution is -0.151. The molecule has 8 heteroatoms. The molecule has 2 aromatic carbocycles. The first-order valence-corrected chi connectivity index (χ1v) is 9.40. The molecule has 3 rings (SSSR count). The lowest BCUT2D eigenvalue weighted by Gasteiger charge is -2.19. The van der Waals surface area contributed by atoms with Crippen LogP contribution in [-0.4, -0.2) is 43.8 Å². The summed E-state index contributed by atoms with van der Waals surface area (Å²) in [6.45, 7) is 1.15. The van der Waals surface area contributed by atoms with Gasteiger partial charge >= 0.3 is 5.97 Å². The second kappa shape index (κ2) is 9.21. The summed E-state index contributed by atoms with van der Waals surface area (Å²) >= 11 is 0. The molecule has 0 bridgehead atoms. The zero-order valence-corrected chi connectivity index (χ0v) is 16.7. The van der Waals surface area contributed by atoms with Crippen LogP contribution >= 0.6 is 0 Å². The summed E-state index contributed by atoms with van der Waals surface area (Å²) in [6, 6.07) is 13.4. The number of methoxy groups -OCH3 is 1. The molecule has 1 heterocycles. The molecule has 30 heavy (non-hydrogen) atoms. The first-order valence-electron chi connectivity index (χ1n) is 9.40. The van der Waals surface area contributed by atoms with Gasteiger partial charge < -0.3 is 19.7 Å². The zero-order valence-electron chi connectivity index (χ0n) is 16.7. The van der Waals surface area contributed by atoms with E-state index in [1.165, 1.54) is 18.9 Å². The Balaban J connectivity index is 1.53. The fourth-order valence-electron chi connectivity index (χ4n) is 3.19. The highest BCUT2D eigenvalue weighted by Crippen LogP contribution is 2.33. The topological polar surface area (TPSA) is 102 Å². The number of carbonyl (C=O) groups excluding carboxylic acids is 4. The van der Waals surface area contributed by atoms with E-state index in [9.17, 15) is 19.2 Å². The van der Waals surface area contributed by atoms with E-state index in [-0.39, 0.29) is 24.7 Å². The Bertz CT molecular complexity index is 970. The van der Waals surface area contributed by atoms with Crippen LogP contribution in [0.25, 0.3) is 0 Å². The van der Waals surface area contributed by atoms with Crippen molar-refractivity contribution in [1.82, 2.24) is 0 Å². The van der Waals surface area contributed by atoms with Crippen LogP contribution in [0.2, 0.25) is 0 Å². The van der Waals surface area contributed by atoms with Gasteiger partial charge in [-0.15, -0.1) is 0 Å². The molecule has 2 amide bonds. The third-order valence-corrected chi connectivity index (χ3v) is 4.76. The molecule has 8 nitrogen and oxygen atoms in total. The summed E-state index contributed by atoms with van der Waals surface area (Å²) in [7, 11) is 1.51. The summed E-state index contributed by atoms with van der Waals surface area (Å²) in [5.41, 5.74) is 1.61. The molecular weight excluding hydrogens is 388 g/mol. The van der Waals surface area contributed by atoms with Crippen molar-refractivity contribution >= 4 is 34.9 Å². The fourth-order valence-corrected chi connectivity index (χ4v) is 3.19. The van der Waals surface area contributed by atoms with Gasteiger partial charge in [-0.3, -0.25) is 19.2 Å². The largest absolute Gasteiger partial charge is 0.495 e. The van der Waals surface area contributed by atoms with Crippen molar-refractivity contribution in [1.29, 1.82) is 0 Å². The number of nitrogens with one attached hydrogen (secondary N) is 1. The third-order valence-electron chi connectivity index (χ3n) is 4.76. The number of anilines is 2. The lowest BCUT2D eigenvalue weighted by atomic mass is 10.1. The van der Waals surface area contributed by atoms with E-state index in [0.29, 0.717) is 22.7 Å². The Morgan fingerprint density at radius 1 is 1.10 bits per heavy atom. The van der Waals surface area contributed by atoms with Gasteiger partial charge in [-0.25, -0.2) is 0 Å². The molecule has 1 atom stereocenters. The number of ketones is 1. The predicted octanol–water partition coefficient (Wildman–Crippen LogP) is 2.43. The first kappa shape index (κ1) is 21.0. The number of ether oxygens (including phenoxy) is 2. The molecule has 0 radical (unpaired) electrons. The maximum atomic E-state index is 12.4. The van der Waals surface area contributed by atoms with Crippen LogP contribution in [0.1, 0.15) is 23.7 Å². The number of benzene rings is 2. The molecule has 1 aliphatic rings. The molecule has 0 spiro atoms. The van der Waals surface area contributed by atoms with Crippen molar-refractivity contribution in [3.63, 3.8) is 0 Å². The molecule has 156 valence electrons. The van der Waals surface area contributed by atoms with E-state index in [2.05, 4.69) is 5.32 Å². The fraction of sp³-hybridized carbons (Fsp3) is 0.273. The second-order valence-corrected chi connectivity index (χ2v) is 6.87. The van der Waals surface area contributed by atoms with Crippen LogP contribution in [0, 0.1) is 5.92 Å². The monoisotopic (exact) mass is 410 g/mol. The lowest BCUT2D eigenvalue weighted by Crippen LogP contribution is -2.28. The van der Waals surface area contributed by atoms with Crippen LogP contribution in [0.5, 0.6) is 5.75 Å². The summed E-state index contributed by atoms with van der Waals surface area (Å²) in [5, 5.41) is 2.59. The van der Waals surface area contributed by atoms with Crippen LogP contribution in [0.4, 0.5) is 11.4 Å². The van der Waals surface area contributed by atoms with E-state index in [0.717, 1.165) is 0 Å². The number of esters is 1. The molecule has 1 saturated heterocycles. The normalized spacial score (nSPS) is 15.6. The van der Waals surface area contributed by atoms with Gasteiger partial charge in [0.05, 0.1) is 18.7 Å². The number of hydrogen-bond donors (Lipinski definition) is 1. The number of carbonyl (C=O) groups is 4. The summed E-state index contributed by atoms with van der Waals surface area (Å²) in [5.74, 6) is -1.53. The molecule has 1 aliphatic heterocycles. The van der Waals surface area contributed by atoms with Crippen molar-refractivity contribution in [2.45, 2.75) is 13.3 Å². The number of nitrogens with zero attached hydrogens (tertiary/aromatic N) is 1. The first-order chi connectivity index (χ1) is 14.4. The Morgan fingerprint density at radius 2 is 1.80 bits per heavy atom. The highest BCUT2D eigenvalue weighted by atomic mass is 16.5. The molecule has 1 N–H and O–H groups in total. The molecular formula is C22H22N2O6. The predicted molar refractivity (Wildman–Crippen MR) is 109 cm³/mol. The molecule has 2 aromatic rings. The number of rotatable bonds is 7. The van der Waals surface area contributed by atoms with Crippen LogP contribution in [0.15, 0.2) is 48.5 Å². The summed E-state index contributed by atoms with van der Waals surface area (Å²) in [6.07, 6.45) is 0.00497. The maximum absolute atomic E-state index is 12.4. The van der Waals surface area contributed by atoms with E-state index in [1.54, 1.807) is 48.5 Å². The van der Waals surface area contributed by atoms with Crippen molar-refractivity contribution < 1.29 is 28.7 Å². The number of amides is 2. The van der Waals surface area contributed by atoms with Gasteiger partial charge in [0.2, 0.25) is 5.91 Å². The quantitative estimate of drug-likeness (QED) is 0.556. The van der Waals surface area contributed by atoms with Gasteiger partial charge in [0.15, 0.2) is 12.4 Å². The molecule has 0 saturated carbocycles. The Kier molecular flexibility index (Phi) is 6.46. The molecule has 0 aromatic heterocycles. The van der Waals surface area contributed by atoms with Crippen molar-refractivity contribution in [3.05, 3.63) is 54.1 Å². The SMILES string of the molecule is COc1ccccc1N1C[C@H](C(=O)OCC(=O)Nc2ccc(C(C)=O)cc2)CC1=O. The molecule has 0 unspecified atom stereocenters. The van der Waals surface area contributed by atoms with E-state index in [1.807, 2.05) is 0 Å². The summed E-state index contributed by atoms with van der Waals surface area (Å²) in [4.78, 5) is 49.5. The third kappa shape index (κ3) is 4.83. The number of para-hydroxylation sites is 2. The van der Waals surface area contributed by atoms with E-state index in [4.69, 9.17) is 9.47 Å². The Labute approximate surface area is 173 Å². The highest BCUT2D eigenvalue weighted by Gasteiger charge is 2.37. The minimum absolute atomic E-state index is 0.00497. The van der Waals surface area contributed by atoms with Gasteiger partial charge in [0.25, 0.3) is 5.91 Å². The maximum Gasteiger partial charge on any atom is 0.311 e. The average Bonchev–Trinajstić information content (AvgIpc) is 3.14. The van der Waals surface area contributed by atoms with Gasteiger partial charge in [-0.2, -0.15) is 0 Å². The minimum Gasteiger partial charge on any atom is -0.495 e. The van der Waals surface area contributed by atoms with E-state index < -0.39 is 24.4 Å². The van der Waals surface area contributed by atoms with Gasteiger partial charge in [0.1, 0.15) is 5.75 Å². The van der Waals surface area contributed by atoms with Crippen molar-refractivity contribution in [2.24, 2.45) is 5.92 Å². The second-order valence-electron chi connectivity index (χ2n) is 6.87.